The van der Waals surface area contributed by atoms with Crippen LogP contribution in [0.15, 0.2) is 30.3 Å². The Labute approximate surface area is 125 Å². The van der Waals surface area contributed by atoms with E-state index < -0.39 is 6.10 Å². The molecular weight excluding hydrogens is 268 g/mol. The van der Waals surface area contributed by atoms with E-state index in [0.717, 1.165) is 12.1 Å². The lowest BCUT2D eigenvalue weighted by molar-refractivity contribution is -0.121. The molecule has 1 fully saturated rings. The summed E-state index contributed by atoms with van der Waals surface area (Å²) in [5.41, 5.74) is 0.925. The maximum Gasteiger partial charge on any atom is 0.221 e. The molecule has 116 valence electrons. The number of amides is 1. The van der Waals surface area contributed by atoms with Crippen LogP contribution in [0.3, 0.4) is 0 Å². The molecule has 1 heterocycles. The molecule has 5 heteroatoms. The monoisotopic (exact) mass is 292 g/mol. The Kier molecular flexibility index (Phi) is 6.17. The van der Waals surface area contributed by atoms with E-state index in [4.69, 9.17) is 4.74 Å². The summed E-state index contributed by atoms with van der Waals surface area (Å²) in [5.74, 6) is 0.0452. The lowest BCUT2D eigenvalue weighted by Gasteiger charge is -2.36. The highest BCUT2D eigenvalue weighted by Crippen LogP contribution is 2.22. The van der Waals surface area contributed by atoms with Crippen LogP contribution >= 0.6 is 0 Å². The Hall–Kier alpha value is -1.43. The first-order valence-corrected chi connectivity index (χ1v) is 7.46. The SMILES string of the molecule is CNC(=O)CCN1CCOCC1CC(O)c1ccccc1. The largest absolute Gasteiger partial charge is 0.388 e. The number of ether oxygens (including phenoxy) is 1. The van der Waals surface area contributed by atoms with Gasteiger partial charge in [0.1, 0.15) is 0 Å². The van der Waals surface area contributed by atoms with E-state index in [-0.39, 0.29) is 11.9 Å². The predicted molar refractivity (Wildman–Crippen MR) is 80.9 cm³/mol. The molecule has 1 aliphatic rings. The number of benzene rings is 1. The summed E-state index contributed by atoms with van der Waals surface area (Å²) in [4.78, 5) is 13.6. The van der Waals surface area contributed by atoms with Crippen molar-refractivity contribution in [2.75, 3.05) is 33.4 Å². The zero-order valence-electron chi connectivity index (χ0n) is 12.5. The highest BCUT2D eigenvalue weighted by molar-refractivity contribution is 5.75. The molecular formula is C16H24N2O3. The molecule has 0 aromatic heterocycles. The van der Waals surface area contributed by atoms with E-state index in [0.29, 0.717) is 32.6 Å². The number of carbonyl (C=O) groups is 1. The zero-order chi connectivity index (χ0) is 15.1. The van der Waals surface area contributed by atoms with Gasteiger partial charge in [-0.05, 0) is 12.0 Å². The Morgan fingerprint density at radius 2 is 2.24 bits per heavy atom. The van der Waals surface area contributed by atoms with E-state index in [1.165, 1.54) is 0 Å². The molecule has 2 N–H and O–H groups in total. The number of aliphatic hydroxyl groups excluding tert-OH is 1. The second-order valence-corrected chi connectivity index (χ2v) is 5.35. The molecule has 0 bridgehead atoms. The van der Waals surface area contributed by atoms with Crippen molar-refractivity contribution in [3.05, 3.63) is 35.9 Å². The maximum atomic E-state index is 11.4. The fourth-order valence-corrected chi connectivity index (χ4v) is 2.64. The minimum absolute atomic E-state index is 0.0452. The quantitative estimate of drug-likeness (QED) is 0.819. The van der Waals surface area contributed by atoms with Crippen molar-refractivity contribution < 1.29 is 14.6 Å². The number of aliphatic hydroxyl groups is 1. The third-order valence-electron chi connectivity index (χ3n) is 3.93. The Morgan fingerprint density at radius 1 is 1.48 bits per heavy atom. The van der Waals surface area contributed by atoms with Crippen LogP contribution in [0.4, 0.5) is 0 Å². The van der Waals surface area contributed by atoms with Gasteiger partial charge >= 0.3 is 0 Å². The maximum absolute atomic E-state index is 11.4. The van der Waals surface area contributed by atoms with Crippen LogP contribution in [0.2, 0.25) is 0 Å². The van der Waals surface area contributed by atoms with Crippen LogP contribution in [0.1, 0.15) is 24.5 Å². The van der Waals surface area contributed by atoms with Crippen LogP contribution in [-0.4, -0.2) is 55.3 Å². The molecule has 1 amide bonds. The van der Waals surface area contributed by atoms with E-state index in [9.17, 15) is 9.90 Å². The number of hydrogen-bond donors (Lipinski definition) is 2. The fraction of sp³-hybridized carbons (Fsp3) is 0.562. The third kappa shape index (κ3) is 4.81. The smallest absolute Gasteiger partial charge is 0.221 e. The van der Waals surface area contributed by atoms with E-state index in [2.05, 4.69) is 10.2 Å². The average Bonchev–Trinajstić information content (AvgIpc) is 2.54. The normalized spacial score (nSPS) is 21.0. The molecule has 0 spiro atoms. The van der Waals surface area contributed by atoms with Crippen molar-refractivity contribution in [2.45, 2.75) is 25.0 Å². The topological polar surface area (TPSA) is 61.8 Å². The van der Waals surface area contributed by atoms with Crippen molar-refractivity contribution in [1.82, 2.24) is 10.2 Å². The number of morpholine rings is 1. The number of hydrogen-bond acceptors (Lipinski definition) is 4. The molecule has 1 aromatic carbocycles. The van der Waals surface area contributed by atoms with Gasteiger partial charge in [-0.1, -0.05) is 30.3 Å². The summed E-state index contributed by atoms with van der Waals surface area (Å²) in [6.45, 7) is 2.81. The van der Waals surface area contributed by atoms with E-state index >= 15 is 0 Å². The first kappa shape index (κ1) is 15.9. The van der Waals surface area contributed by atoms with Crippen molar-refractivity contribution in [1.29, 1.82) is 0 Å². The Balaban J connectivity index is 1.90. The third-order valence-corrected chi connectivity index (χ3v) is 3.93. The lowest BCUT2D eigenvalue weighted by Crippen LogP contribution is -2.47. The van der Waals surface area contributed by atoms with Crippen LogP contribution < -0.4 is 5.32 Å². The average molecular weight is 292 g/mol. The Bertz CT molecular complexity index is 438. The van der Waals surface area contributed by atoms with Crippen molar-refractivity contribution >= 4 is 5.91 Å². The molecule has 0 radical (unpaired) electrons. The zero-order valence-corrected chi connectivity index (χ0v) is 12.5. The van der Waals surface area contributed by atoms with E-state index in [1.807, 2.05) is 30.3 Å². The van der Waals surface area contributed by atoms with Crippen LogP contribution in [-0.2, 0) is 9.53 Å². The molecule has 5 nitrogen and oxygen atoms in total. The van der Waals surface area contributed by atoms with E-state index in [1.54, 1.807) is 7.05 Å². The van der Waals surface area contributed by atoms with Crippen molar-refractivity contribution in [3.8, 4) is 0 Å². The summed E-state index contributed by atoms with van der Waals surface area (Å²) in [7, 11) is 1.65. The van der Waals surface area contributed by atoms with Crippen molar-refractivity contribution in [3.63, 3.8) is 0 Å². The summed E-state index contributed by atoms with van der Waals surface area (Å²) < 4.78 is 5.53. The highest BCUT2D eigenvalue weighted by Gasteiger charge is 2.26. The molecule has 2 unspecified atom stereocenters. The van der Waals surface area contributed by atoms with Crippen molar-refractivity contribution in [2.24, 2.45) is 0 Å². The number of nitrogens with zero attached hydrogens (tertiary/aromatic N) is 1. The van der Waals surface area contributed by atoms with Gasteiger partial charge in [-0.15, -0.1) is 0 Å². The summed E-state index contributed by atoms with van der Waals surface area (Å²) >= 11 is 0. The van der Waals surface area contributed by atoms with Gasteiger partial charge in [-0.3, -0.25) is 9.69 Å². The fourth-order valence-electron chi connectivity index (χ4n) is 2.64. The molecule has 0 aliphatic carbocycles. The standard InChI is InChI=1S/C16H24N2O3/c1-17-16(20)7-8-18-9-10-21-12-14(18)11-15(19)13-5-3-2-4-6-13/h2-6,14-15,19H,7-12H2,1H3,(H,17,20). The number of carbonyl (C=O) groups excluding carboxylic acids is 1. The second kappa shape index (κ2) is 8.12. The van der Waals surface area contributed by atoms with Crippen LogP contribution in [0, 0.1) is 0 Å². The summed E-state index contributed by atoms with van der Waals surface area (Å²) in [6.07, 6.45) is 0.604. The number of rotatable bonds is 6. The lowest BCUT2D eigenvalue weighted by atomic mass is 10.0. The molecule has 1 aliphatic heterocycles. The summed E-state index contributed by atoms with van der Waals surface area (Å²) in [6, 6.07) is 9.82. The molecule has 21 heavy (non-hydrogen) atoms. The van der Waals surface area contributed by atoms with Gasteiger partial charge in [0.25, 0.3) is 0 Å². The molecule has 0 saturated carbocycles. The van der Waals surface area contributed by atoms with Gasteiger partial charge in [-0.25, -0.2) is 0 Å². The molecule has 1 aromatic rings. The first-order chi connectivity index (χ1) is 10.2. The highest BCUT2D eigenvalue weighted by atomic mass is 16.5. The minimum atomic E-state index is -0.500. The van der Waals surface area contributed by atoms with Gasteiger partial charge in [0, 0.05) is 32.6 Å². The Morgan fingerprint density at radius 3 is 2.95 bits per heavy atom. The first-order valence-electron chi connectivity index (χ1n) is 7.46. The summed E-state index contributed by atoms with van der Waals surface area (Å²) in [5, 5.41) is 13.0. The van der Waals surface area contributed by atoms with Gasteiger partial charge in [0.05, 0.1) is 19.3 Å². The second-order valence-electron chi connectivity index (χ2n) is 5.35. The molecule has 2 atom stereocenters. The molecule has 2 rings (SSSR count). The van der Waals surface area contributed by atoms with Crippen LogP contribution in [0.25, 0.3) is 0 Å². The predicted octanol–water partition coefficient (Wildman–Crippen LogP) is 0.947. The molecule has 1 saturated heterocycles. The van der Waals surface area contributed by atoms with Gasteiger partial charge < -0.3 is 15.2 Å². The van der Waals surface area contributed by atoms with Crippen LogP contribution in [0.5, 0.6) is 0 Å². The van der Waals surface area contributed by atoms with Gasteiger partial charge in [0.2, 0.25) is 5.91 Å². The van der Waals surface area contributed by atoms with Gasteiger partial charge in [0.15, 0.2) is 0 Å². The minimum Gasteiger partial charge on any atom is -0.388 e. The number of nitrogens with one attached hydrogen (secondary N) is 1. The van der Waals surface area contributed by atoms with Gasteiger partial charge in [-0.2, -0.15) is 0 Å².